The number of aromatic nitrogens is 2. The van der Waals surface area contributed by atoms with Gasteiger partial charge in [0.05, 0.1) is 10.8 Å². The molecule has 1 aromatic heterocycles. The molecule has 0 saturated carbocycles. The zero-order chi connectivity index (χ0) is 16.5. The number of carbonyl (C=O) groups excluding carboxylic acids is 1. The molecule has 2 rings (SSSR count). The number of rotatable bonds is 4. The van der Waals surface area contributed by atoms with Gasteiger partial charge < -0.3 is 4.98 Å². The van der Waals surface area contributed by atoms with Crippen molar-refractivity contribution in [3.63, 3.8) is 0 Å². The number of sulfonamides is 1. The van der Waals surface area contributed by atoms with Gasteiger partial charge in [0.1, 0.15) is 11.6 Å². The van der Waals surface area contributed by atoms with Crippen LogP contribution >= 0.6 is 0 Å². The van der Waals surface area contributed by atoms with E-state index >= 15 is 0 Å². The molecule has 0 atom stereocenters. The predicted octanol–water partition coefficient (Wildman–Crippen LogP) is 1.99. The summed E-state index contributed by atoms with van der Waals surface area (Å²) >= 11 is 0. The third-order valence-corrected chi connectivity index (χ3v) is 4.80. The summed E-state index contributed by atoms with van der Waals surface area (Å²) < 4.78 is 39.1. The lowest BCUT2D eigenvalue weighted by molar-refractivity contribution is 0.0976. The van der Waals surface area contributed by atoms with Gasteiger partial charge in [0.2, 0.25) is 10.0 Å². The third kappa shape index (κ3) is 3.16. The van der Waals surface area contributed by atoms with E-state index in [-0.39, 0.29) is 17.1 Å². The Balaban J connectivity index is 2.35. The van der Waals surface area contributed by atoms with E-state index in [9.17, 15) is 17.6 Å². The molecule has 22 heavy (non-hydrogen) atoms. The van der Waals surface area contributed by atoms with Gasteiger partial charge in [-0.2, -0.15) is 0 Å². The lowest BCUT2D eigenvalue weighted by atomic mass is 10.2. The molecule has 1 amide bonds. The molecule has 0 aliphatic rings. The maximum Gasteiger partial charge on any atom is 0.285 e. The highest BCUT2D eigenvalue weighted by atomic mass is 32.2. The fraction of sp³-hybridized carbons (Fsp3) is 0.286. The van der Waals surface area contributed by atoms with Crippen LogP contribution in [-0.2, 0) is 10.0 Å². The van der Waals surface area contributed by atoms with Crippen molar-refractivity contribution >= 4 is 15.9 Å². The number of nitrogens with zero attached hydrogens (tertiary/aromatic N) is 1. The summed E-state index contributed by atoms with van der Waals surface area (Å²) in [5.74, 6) is -1.16. The van der Waals surface area contributed by atoms with Gasteiger partial charge >= 0.3 is 0 Å². The molecule has 2 aromatic rings. The van der Waals surface area contributed by atoms with Crippen molar-refractivity contribution < 1.29 is 17.6 Å². The Morgan fingerprint density at radius 3 is 2.55 bits per heavy atom. The van der Waals surface area contributed by atoms with E-state index in [4.69, 9.17) is 0 Å². The topological polar surface area (TPSA) is 91.9 Å². The normalized spacial score (nSPS) is 11.7. The molecule has 0 saturated heterocycles. The van der Waals surface area contributed by atoms with Gasteiger partial charge in [0, 0.05) is 5.69 Å². The van der Waals surface area contributed by atoms with Crippen LogP contribution in [0.5, 0.6) is 0 Å². The molecule has 0 spiro atoms. The van der Waals surface area contributed by atoms with Gasteiger partial charge in [0.25, 0.3) is 5.91 Å². The summed E-state index contributed by atoms with van der Waals surface area (Å²) in [7, 11) is -3.75. The first-order chi connectivity index (χ1) is 10.2. The quantitative estimate of drug-likeness (QED) is 0.899. The molecule has 8 heteroatoms. The van der Waals surface area contributed by atoms with Crippen molar-refractivity contribution in [1.29, 1.82) is 0 Å². The number of aryl methyl sites for hydroxylation is 1. The number of imidazole rings is 1. The van der Waals surface area contributed by atoms with Gasteiger partial charge in [-0.05, 0) is 32.9 Å². The van der Waals surface area contributed by atoms with E-state index in [2.05, 4.69) is 9.97 Å². The first kappa shape index (κ1) is 16.2. The lowest BCUT2D eigenvalue weighted by Gasteiger charge is -2.08. The average molecular weight is 325 g/mol. The monoisotopic (exact) mass is 325 g/mol. The van der Waals surface area contributed by atoms with Crippen LogP contribution in [0, 0.1) is 12.7 Å². The second-order valence-corrected chi connectivity index (χ2v) is 7.30. The number of nitrogens with one attached hydrogen (secondary N) is 2. The fourth-order valence-electron chi connectivity index (χ4n) is 1.76. The van der Waals surface area contributed by atoms with Gasteiger partial charge in [-0.1, -0.05) is 12.1 Å². The number of H-pyrrole nitrogens is 1. The zero-order valence-electron chi connectivity index (χ0n) is 12.3. The van der Waals surface area contributed by atoms with Crippen LogP contribution in [0.15, 0.2) is 24.3 Å². The van der Waals surface area contributed by atoms with Crippen molar-refractivity contribution in [2.75, 3.05) is 0 Å². The second kappa shape index (κ2) is 5.88. The fourth-order valence-corrected chi connectivity index (χ4v) is 2.35. The Bertz CT molecular complexity index is 812. The molecule has 0 fully saturated rings. The Morgan fingerprint density at radius 1 is 1.32 bits per heavy atom. The van der Waals surface area contributed by atoms with E-state index in [0.717, 1.165) is 0 Å². The van der Waals surface area contributed by atoms with Gasteiger partial charge in [-0.15, -0.1) is 0 Å². The summed E-state index contributed by atoms with van der Waals surface area (Å²) in [5, 5.41) is -0.748. The number of hydrogen-bond acceptors (Lipinski definition) is 4. The van der Waals surface area contributed by atoms with Crippen LogP contribution in [-0.4, -0.2) is 29.5 Å². The Labute approximate surface area is 127 Å². The minimum Gasteiger partial charge on any atom is -0.341 e. The van der Waals surface area contributed by atoms with E-state index in [1.807, 2.05) is 4.72 Å². The summed E-state index contributed by atoms with van der Waals surface area (Å²) in [5.41, 5.74) is 0.480. The highest BCUT2D eigenvalue weighted by molar-refractivity contribution is 7.90. The third-order valence-electron chi connectivity index (χ3n) is 3.08. The summed E-state index contributed by atoms with van der Waals surface area (Å²) in [6.45, 7) is 4.48. The lowest BCUT2D eigenvalue weighted by Crippen LogP contribution is -2.36. The molecule has 0 unspecified atom stereocenters. The largest absolute Gasteiger partial charge is 0.341 e. The highest BCUT2D eigenvalue weighted by Crippen LogP contribution is 2.21. The first-order valence-corrected chi connectivity index (χ1v) is 8.14. The van der Waals surface area contributed by atoms with Crippen molar-refractivity contribution in [2.24, 2.45) is 0 Å². The molecule has 0 bridgehead atoms. The number of aromatic amines is 1. The molecule has 2 N–H and O–H groups in total. The van der Waals surface area contributed by atoms with Crippen molar-refractivity contribution in [1.82, 2.24) is 14.7 Å². The highest BCUT2D eigenvalue weighted by Gasteiger charge is 2.23. The number of halogens is 1. The standard InChI is InChI=1S/C14H16FN3O3S/c1-8(2)22(20,21)18-14(19)12-9(3)16-13(17-12)10-6-4-5-7-11(10)15/h4-8H,1-3H3,(H,16,17)(H,18,19). The number of hydrogen-bond donors (Lipinski definition) is 2. The van der Waals surface area contributed by atoms with E-state index < -0.39 is 27.0 Å². The van der Waals surface area contributed by atoms with Crippen LogP contribution in [0.1, 0.15) is 30.0 Å². The Kier molecular flexibility index (Phi) is 4.32. The summed E-state index contributed by atoms with van der Waals surface area (Å²) in [6.07, 6.45) is 0. The maximum absolute atomic E-state index is 13.7. The van der Waals surface area contributed by atoms with E-state index in [1.54, 1.807) is 13.0 Å². The molecule has 0 aliphatic heterocycles. The molecular formula is C14H16FN3O3S. The predicted molar refractivity (Wildman–Crippen MR) is 80.2 cm³/mol. The van der Waals surface area contributed by atoms with Gasteiger partial charge in [-0.25, -0.2) is 22.5 Å². The second-order valence-electron chi connectivity index (χ2n) is 5.06. The van der Waals surface area contributed by atoms with Crippen LogP contribution in [0.4, 0.5) is 4.39 Å². The van der Waals surface area contributed by atoms with Crippen molar-refractivity contribution in [3.8, 4) is 11.4 Å². The van der Waals surface area contributed by atoms with Crippen molar-refractivity contribution in [3.05, 3.63) is 41.5 Å². The Hall–Kier alpha value is -2.22. The zero-order valence-corrected chi connectivity index (χ0v) is 13.2. The molecule has 0 radical (unpaired) electrons. The average Bonchev–Trinajstić information content (AvgIpc) is 2.80. The van der Waals surface area contributed by atoms with Crippen LogP contribution < -0.4 is 4.72 Å². The first-order valence-electron chi connectivity index (χ1n) is 6.60. The molecule has 1 aromatic carbocycles. The van der Waals surface area contributed by atoms with Crippen LogP contribution in [0.3, 0.4) is 0 Å². The van der Waals surface area contributed by atoms with E-state index in [0.29, 0.717) is 5.69 Å². The minimum atomic E-state index is -3.75. The number of benzene rings is 1. The van der Waals surface area contributed by atoms with Crippen molar-refractivity contribution in [2.45, 2.75) is 26.0 Å². The number of amides is 1. The summed E-state index contributed by atoms with van der Waals surface area (Å²) in [4.78, 5) is 18.9. The molecule has 1 heterocycles. The number of carbonyl (C=O) groups is 1. The van der Waals surface area contributed by atoms with Gasteiger partial charge in [0.15, 0.2) is 5.69 Å². The Morgan fingerprint density at radius 2 is 1.95 bits per heavy atom. The smallest absolute Gasteiger partial charge is 0.285 e. The molecule has 0 aliphatic carbocycles. The SMILES string of the molecule is Cc1[nH]c(-c2ccccc2F)nc1C(=O)NS(=O)(=O)C(C)C. The van der Waals surface area contributed by atoms with Crippen LogP contribution in [0.25, 0.3) is 11.4 Å². The molecule has 6 nitrogen and oxygen atoms in total. The van der Waals surface area contributed by atoms with Crippen LogP contribution in [0.2, 0.25) is 0 Å². The minimum absolute atomic E-state index is 0.0810. The molecule has 118 valence electrons. The van der Waals surface area contributed by atoms with Gasteiger partial charge in [-0.3, -0.25) is 4.79 Å². The maximum atomic E-state index is 13.7. The summed E-state index contributed by atoms with van der Waals surface area (Å²) in [6, 6.07) is 5.97. The molecular weight excluding hydrogens is 309 g/mol. The van der Waals surface area contributed by atoms with E-state index in [1.165, 1.54) is 32.0 Å².